The largest absolute Gasteiger partial charge is 0.306 e. The highest BCUT2D eigenvalue weighted by Crippen LogP contribution is 2.27. The molecule has 0 aliphatic rings. The van der Waals surface area contributed by atoms with Crippen LogP contribution in [0, 0.1) is 6.92 Å². The van der Waals surface area contributed by atoms with Crippen molar-refractivity contribution >= 4 is 17.5 Å². The highest BCUT2D eigenvalue weighted by atomic mass is 32.2. The highest BCUT2D eigenvalue weighted by Gasteiger charge is 2.13. The number of aromatic nitrogens is 7. The molecule has 0 atom stereocenters. The fraction of sp³-hybridized carbons (Fsp3) is 0.417. The van der Waals surface area contributed by atoms with Crippen LogP contribution in [0.1, 0.15) is 25.4 Å². The van der Waals surface area contributed by atoms with Crippen LogP contribution in [0.15, 0.2) is 22.6 Å². The van der Waals surface area contributed by atoms with E-state index in [1.165, 1.54) is 18.1 Å². The molecule has 0 aromatic carbocycles. The number of rotatable bonds is 4. The molecule has 3 aromatic heterocycles. The molecule has 0 fully saturated rings. The van der Waals surface area contributed by atoms with Gasteiger partial charge in [0.15, 0.2) is 5.16 Å². The lowest BCUT2D eigenvalue weighted by molar-refractivity contribution is 0.660. The van der Waals surface area contributed by atoms with E-state index in [1.807, 2.05) is 13.0 Å². The average molecular weight is 289 g/mol. The monoisotopic (exact) mass is 289 g/mol. The molecule has 0 N–H and O–H groups in total. The molecule has 104 valence electrons. The lowest BCUT2D eigenvalue weighted by atomic mass is 10.3. The minimum atomic E-state index is 0.617. The van der Waals surface area contributed by atoms with E-state index in [0.29, 0.717) is 5.78 Å². The van der Waals surface area contributed by atoms with Gasteiger partial charge in [-0.15, -0.1) is 10.2 Å². The van der Waals surface area contributed by atoms with Crippen LogP contribution in [0.5, 0.6) is 0 Å². The zero-order valence-corrected chi connectivity index (χ0v) is 12.4. The standard InChI is InChI=1S/C12H15N7S/c1-4-9-6-10(19-11(15-9)13-7-14-19)20-12-17-16-8(3)18(12)5-2/h6-7H,4-5H2,1-3H3. The van der Waals surface area contributed by atoms with Gasteiger partial charge in [-0.25, -0.2) is 4.98 Å². The van der Waals surface area contributed by atoms with Crippen molar-refractivity contribution in [1.29, 1.82) is 0 Å². The molecule has 3 rings (SSSR count). The minimum absolute atomic E-state index is 0.617. The number of hydrogen-bond acceptors (Lipinski definition) is 6. The lowest BCUT2D eigenvalue weighted by Gasteiger charge is -2.07. The maximum atomic E-state index is 4.44. The minimum Gasteiger partial charge on any atom is -0.306 e. The molecule has 0 bridgehead atoms. The summed E-state index contributed by atoms with van der Waals surface area (Å²) in [5.41, 5.74) is 0.993. The molecule has 8 heteroatoms. The molecule has 0 spiro atoms. The second kappa shape index (κ2) is 5.20. The summed E-state index contributed by atoms with van der Waals surface area (Å²) in [6.45, 7) is 6.95. The van der Waals surface area contributed by atoms with Crippen LogP contribution in [-0.2, 0) is 13.0 Å². The number of fused-ring (bicyclic) bond motifs is 1. The Morgan fingerprint density at radius 2 is 2.10 bits per heavy atom. The quantitative estimate of drug-likeness (QED) is 0.681. The maximum Gasteiger partial charge on any atom is 0.253 e. The van der Waals surface area contributed by atoms with E-state index in [-0.39, 0.29) is 0 Å². The predicted octanol–water partition coefficient (Wildman–Crippen LogP) is 1.76. The number of nitrogens with zero attached hydrogens (tertiary/aromatic N) is 7. The zero-order valence-electron chi connectivity index (χ0n) is 11.6. The molecule has 0 aliphatic carbocycles. The van der Waals surface area contributed by atoms with E-state index in [4.69, 9.17) is 0 Å². The summed E-state index contributed by atoms with van der Waals surface area (Å²) >= 11 is 1.53. The van der Waals surface area contributed by atoms with Gasteiger partial charge in [0.25, 0.3) is 5.78 Å². The summed E-state index contributed by atoms with van der Waals surface area (Å²) in [5.74, 6) is 1.53. The summed E-state index contributed by atoms with van der Waals surface area (Å²) < 4.78 is 3.80. The van der Waals surface area contributed by atoms with Crippen molar-refractivity contribution in [2.75, 3.05) is 0 Å². The molecule has 0 radical (unpaired) electrons. The Labute approximate surface area is 120 Å². The second-order valence-corrected chi connectivity index (χ2v) is 5.27. The third-order valence-electron chi connectivity index (χ3n) is 3.05. The first kappa shape index (κ1) is 13.0. The van der Waals surface area contributed by atoms with Crippen LogP contribution < -0.4 is 0 Å². The maximum absolute atomic E-state index is 4.44. The Balaban J connectivity index is 2.07. The Bertz CT molecular complexity index is 745. The summed E-state index contributed by atoms with van der Waals surface area (Å²) in [5, 5.41) is 14.4. The highest BCUT2D eigenvalue weighted by molar-refractivity contribution is 7.99. The van der Waals surface area contributed by atoms with Gasteiger partial charge in [0.05, 0.1) is 0 Å². The summed E-state index contributed by atoms with van der Waals surface area (Å²) in [6.07, 6.45) is 2.37. The smallest absolute Gasteiger partial charge is 0.253 e. The van der Waals surface area contributed by atoms with E-state index >= 15 is 0 Å². The van der Waals surface area contributed by atoms with Crippen LogP contribution in [0.3, 0.4) is 0 Å². The first-order valence-electron chi connectivity index (χ1n) is 6.50. The van der Waals surface area contributed by atoms with E-state index in [9.17, 15) is 0 Å². The molecule has 0 amide bonds. The van der Waals surface area contributed by atoms with E-state index in [1.54, 1.807) is 4.52 Å². The fourth-order valence-corrected chi connectivity index (χ4v) is 3.03. The van der Waals surface area contributed by atoms with Crippen molar-refractivity contribution in [1.82, 2.24) is 34.3 Å². The van der Waals surface area contributed by atoms with Crippen LogP contribution in [-0.4, -0.2) is 34.3 Å². The summed E-state index contributed by atoms with van der Waals surface area (Å²) in [4.78, 5) is 8.60. The SMILES string of the molecule is CCc1cc(Sc2nnc(C)n2CC)n2ncnc2n1. The molecule has 0 saturated heterocycles. The van der Waals surface area contributed by atoms with Crippen LogP contribution in [0.2, 0.25) is 0 Å². The molecule has 7 nitrogen and oxygen atoms in total. The molecule has 0 aliphatic heterocycles. The molecular weight excluding hydrogens is 274 g/mol. The van der Waals surface area contributed by atoms with Crippen molar-refractivity contribution in [2.24, 2.45) is 0 Å². The predicted molar refractivity (Wildman–Crippen MR) is 74.7 cm³/mol. The Morgan fingerprint density at radius 1 is 1.25 bits per heavy atom. The van der Waals surface area contributed by atoms with Gasteiger partial charge in [-0.2, -0.15) is 14.6 Å². The first-order chi connectivity index (χ1) is 9.72. The van der Waals surface area contributed by atoms with Crippen molar-refractivity contribution in [3.63, 3.8) is 0 Å². The Hall–Kier alpha value is -1.96. The van der Waals surface area contributed by atoms with Gasteiger partial charge in [0.1, 0.15) is 17.2 Å². The third-order valence-corrected chi connectivity index (χ3v) is 4.03. The lowest BCUT2D eigenvalue weighted by Crippen LogP contribution is -2.02. The van der Waals surface area contributed by atoms with E-state index in [0.717, 1.165) is 34.7 Å². The van der Waals surface area contributed by atoms with Crippen LogP contribution in [0.25, 0.3) is 5.78 Å². The van der Waals surface area contributed by atoms with Crippen molar-refractivity contribution in [2.45, 2.75) is 43.9 Å². The average Bonchev–Trinajstić information content (AvgIpc) is 3.05. The van der Waals surface area contributed by atoms with Crippen molar-refractivity contribution in [3.8, 4) is 0 Å². The molecule has 0 saturated carbocycles. The Kier molecular flexibility index (Phi) is 3.39. The van der Waals surface area contributed by atoms with Crippen molar-refractivity contribution in [3.05, 3.63) is 23.9 Å². The van der Waals surface area contributed by atoms with Gasteiger partial charge in [-0.3, -0.25) is 0 Å². The molecule has 20 heavy (non-hydrogen) atoms. The molecular formula is C12H15N7S. The zero-order chi connectivity index (χ0) is 14.1. The molecule has 0 unspecified atom stereocenters. The van der Waals surface area contributed by atoms with Gasteiger partial charge in [-0.1, -0.05) is 6.92 Å². The van der Waals surface area contributed by atoms with Gasteiger partial charge >= 0.3 is 0 Å². The molecule has 3 heterocycles. The molecule has 3 aromatic rings. The van der Waals surface area contributed by atoms with Gasteiger partial charge in [-0.05, 0) is 38.1 Å². The van der Waals surface area contributed by atoms with Crippen LogP contribution >= 0.6 is 11.8 Å². The van der Waals surface area contributed by atoms with Crippen LogP contribution in [0.4, 0.5) is 0 Å². The van der Waals surface area contributed by atoms with Crippen molar-refractivity contribution < 1.29 is 0 Å². The first-order valence-corrected chi connectivity index (χ1v) is 7.31. The van der Waals surface area contributed by atoms with E-state index < -0.39 is 0 Å². The van der Waals surface area contributed by atoms with Gasteiger partial charge in [0.2, 0.25) is 0 Å². The third kappa shape index (κ3) is 2.15. The normalized spacial score (nSPS) is 11.3. The fourth-order valence-electron chi connectivity index (χ4n) is 1.98. The number of hydrogen-bond donors (Lipinski definition) is 0. The second-order valence-electron chi connectivity index (χ2n) is 4.29. The summed E-state index contributed by atoms with van der Waals surface area (Å²) in [7, 11) is 0. The Morgan fingerprint density at radius 3 is 2.85 bits per heavy atom. The number of aryl methyl sites for hydroxylation is 2. The van der Waals surface area contributed by atoms with Gasteiger partial charge in [0, 0.05) is 12.2 Å². The summed E-state index contributed by atoms with van der Waals surface area (Å²) in [6, 6.07) is 2.02. The topological polar surface area (TPSA) is 73.8 Å². The van der Waals surface area contributed by atoms with Gasteiger partial charge < -0.3 is 4.57 Å². The van der Waals surface area contributed by atoms with E-state index in [2.05, 4.69) is 43.7 Å².